The minimum Gasteiger partial charge on any atom is -0.462 e. The van der Waals surface area contributed by atoms with Gasteiger partial charge in [0.15, 0.2) is 18.4 Å². The topological polar surface area (TPSA) is 150 Å². The molecule has 7 rings (SSSR count). The predicted octanol–water partition coefficient (Wildman–Crippen LogP) is 7.21. The molecule has 0 aromatic carbocycles. The largest absolute Gasteiger partial charge is 0.462 e. The third-order valence-corrected chi connectivity index (χ3v) is 15.2. The normalized spacial score (nSPS) is 47.9. The SMILES string of the molecule is C=CC[C@H]1[C@H](C)O[C@@H](O[C@H]2[C@H](C)O[C@@H](O[C@@H]3/C(C)=C/C[C@@H]4C[C@@H](C[C@]5(C=C[C@H](C)[C@@H]([C@@H](C)CC)O5)O4)OC(=O)[C@@H]4C=C(C)[C@@H](O)[C@H]5OC/C(=C\C=C\[C@@H]3C)[C@]54O)C[C@@H]2OC)C[C@@H]1OC. The number of carbonyl (C=O) groups excluding carboxylic acids is 1. The average molecular weight is 897 g/mol. The summed E-state index contributed by atoms with van der Waals surface area (Å²) in [5, 5.41) is 23.8. The number of fused-ring (bicyclic) bond motifs is 2. The molecule has 0 saturated carbocycles. The lowest BCUT2D eigenvalue weighted by Crippen LogP contribution is -2.58. The second-order valence-electron chi connectivity index (χ2n) is 19.7. The van der Waals surface area contributed by atoms with E-state index in [2.05, 4.69) is 60.3 Å². The molecule has 4 fully saturated rings. The molecule has 2 N–H and O–H groups in total. The Kier molecular flexibility index (Phi) is 16.0. The summed E-state index contributed by atoms with van der Waals surface area (Å²) in [5.41, 5.74) is 0.178. The van der Waals surface area contributed by atoms with E-state index in [9.17, 15) is 15.0 Å². The van der Waals surface area contributed by atoms with E-state index >= 15 is 0 Å². The fourth-order valence-electron chi connectivity index (χ4n) is 11.2. The van der Waals surface area contributed by atoms with Gasteiger partial charge in [-0.1, -0.05) is 76.6 Å². The van der Waals surface area contributed by atoms with Crippen LogP contribution in [0.15, 0.2) is 71.9 Å². The minimum absolute atomic E-state index is 0.0306. The number of rotatable bonds is 10. The Labute approximate surface area is 381 Å². The lowest BCUT2D eigenvalue weighted by molar-refractivity contribution is -0.315. The van der Waals surface area contributed by atoms with Gasteiger partial charge in [-0.25, -0.2) is 0 Å². The van der Waals surface area contributed by atoms with Crippen molar-refractivity contribution in [2.24, 2.45) is 29.6 Å². The Balaban J connectivity index is 1.17. The molecule has 4 saturated heterocycles. The summed E-state index contributed by atoms with van der Waals surface area (Å²) in [6.45, 7) is 20.4. The highest BCUT2D eigenvalue weighted by molar-refractivity contribution is 5.78. The van der Waals surface area contributed by atoms with Gasteiger partial charge in [-0.05, 0) is 69.2 Å². The van der Waals surface area contributed by atoms with Crippen molar-refractivity contribution >= 4 is 5.97 Å². The molecule has 1 aliphatic carbocycles. The zero-order valence-electron chi connectivity index (χ0n) is 39.8. The number of hydrogen-bond donors (Lipinski definition) is 2. The van der Waals surface area contributed by atoms with Crippen molar-refractivity contribution in [3.63, 3.8) is 0 Å². The molecule has 13 heteroatoms. The highest BCUT2D eigenvalue weighted by atomic mass is 16.7. The van der Waals surface area contributed by atoms with Crippen molar-refractivity contribution < 1.29 is 62.4 Å². The van der Waals surface area contributed by atoms with E-state index in [1.807, 2.05) is 31.2 Å². The van der Waals surface area contributed by atoms with Crippen molar-refractivity contribution in [3.05, 3.63) is 71.9 Å². The third kappa shape index (κ3) is 10.2. The summed E-state index contributed by atoms with van der Waals surface area (Å²) in [6.07, 6.45) is 13.5. The highest BCUT2D eigenvalue weighted by Gasteiger charge is 2.60. The van der Waals surface area contributed by atoms with Crippen LogP contribution in [0.2, 0.25) is 0 Å². The molecule has 358 valence electrons. The lowest BCUT2D eigenvalue weighted by atomic mass is 9.71. The van der Waals surface area contributed by atoms with E-state index in [-0.39, 0.29) is 66.9 Å². The van der Waals surface area contributed by atoms with Crippen LogP contribution in [0.4, 0.5) is 0 Å². The van der Waals surface area contributed by atoms with Gasteiger partial charge in [0.2, 0.25) is 0 Å². The van der Waals surface area contributed by atoms with Gasteiger partial charge >= 0.3 is 5.97 Å². The Hall–Kier alpha value is -2.53. The number of aliphatic hydroxyl groups is 2. The molecule has 20 atom stereocenters. The zero-order chi connectivity index (χ0) is 46.1. The van der Waals surface area contributed by atoms with Gasteiger partial charge in [0, 0.05) is 57.7 Å². The van der Waals surface area contributed by atoms with Crippen LogP contribution in [-0.4, -0.2) is 128 Å². The smallest absolute Gasteiger partial charge is 0.316 e. The molecule has 6 heterocycles. The van der Waals surface area contributed by atoms with E-state index in [4.69, 9.17) is 47.4 Å². The Morgan fingerprint density at radius 3 is 2.38 bits per heavy atom. The molecule has 0 amide bonds. The summed E-state index contributed by atoms with van der Waals surface area (Å²) >= 11 is 0. The monoisotopic (exact) mass is 897 g/mol. The lowest BCUT2D eigenvalue weighted by Gasteiger charge is -2.48. The van der Waals surface area contributed by atoms with Crippen LogP contribution in [0.1, 0.15) is 100 Å². The van der Waals surface area contributed by atoms with Gasteiger partial charge in [-0.15, -0.1) is 6.58 Å². The maximum atomic E-state index is 14.4. The van der Waals surface area contributed by atoms with E-state index < -0.39 is 66.4 Å². The molecule has 6 aliphatic heterocycles. The molecule has 64 heavy (non-hydrogen) atoms. The van der Waals surface area contributed by atoms with Crippen LogP contribution >= 0.6 is 0 Å². The highest BCUT2D eigenvalue weighted by Crippen LogP contribution is 2.47. The maximum Gasteiger partial charge on any atom is 0.316 e. The first kappa shape index (κ1) is 49.4. The Bertz CT molecular complexity index is 1790. The molecule has 0 aromatic heterocycles. The van der Waals surface area contributed by atoms with E-state index in [1.54, 1.807) is 33.3 Å². The van der Waals surface area contributed by atoms with Crippen LogP contribution in [-0.2, 0) is 52.2 Å². The molecular formula is C51H76O13. The van der Waals surface area contributed by atoms with E-state index in [0.717, 1.165) is 18.4 Å². The molecule has 0 radical (unpaired) electrons. The second kappa shape index (κ2) is 20.8. The van der Waals surface area contributed by atoms with Gasteiger partial charge in [0.05, 0.1) is 49.3 Å². The van der Waals surface area contributed by atoms with E-state index in [0.29, 0.717) is 43.3 Å². The van der Waals surface area contributed by atoms with Crippen molar-refractivity contribution in [2.45, 2.75) is 191 Å². The second-order valence-corrected chi connectivity index (χ2v) is 19.7. The Morgan fingerprint density at radius 1 is 0.938 bits per heavy atom. The molecule has 0 unspecified atom stereocenters. The number of esters is 1. The van der Waals surface area contributed by atoms with Gasteiger partial charge < -0.3 is 57.6 Å². The molecule has 2 bridgehead atoms. The number of methoxy groups -OCH3 is 2. The summed E-state index contributed by atoms with van der Waals surface area (Å²) in [6, 6.07) is 0. The quantitative estimate of drug-likeness (QED) is 0.168. The van der Waals surface area contributed by atoms with Crippen molar-refractivity contribution in [2.75, 3.05) is 20.8 Å². The molecule has 1 spiro atoms. The number of allylic oxidation sites excluding steroid dienone is 3. The predicted molar refractivity (Wildman–Crippen MR) is 240 cm³/mol. The minimum atomic E-state index is -1.83. The van der Waals surface area contributed by atoms with Gasteiger partial charge in [-0.2, -0.15) is 0 Å². The summed E-state index contributed by atoms with van der Waals surface area (Å²) in [4.78, 5) is 14.4. The van der Waals surface area contributed by atoms with Crippen LogP contribution in [0.25, 0.3) is 0 Å². The molecule has 13 nitrogen and oxygen atoms in total. The standard InChI is InChI=1S/C51H76O13/c1-12-15-38-33(8)58-42(24-40(38)55-10)62-47-34(9)59-43(25-41(47)56-11)61-45-29(4)16-14-17-35-27-57-48-44(52)32(7)22-39(51(35,48)54)49(53)60-37-23-36(19-18-30(45)5)63-50(26-37)21-20-31(6)46(64-50)28(3)13-2/h12,14,16-18,20-22,28-29,31,33-34,36-48,52,54H,1,13,15,19,23-27H2,2-11H3/b16-14+,30-18+,35-17+/t28-,29-,31-,33-,34-,36+,37-,38-,39-,40-,41-,42-,43-,44+,45-,46+,47-,48+,50+,51+/m0/s1. The van der Waals surface area contributed by atoms with Gasteiger partial charge in [0.1, 0.15) is 35.9 Å². The van der Waals surface area contributed by atoms with Crippen molar-refractivity contribution in [1.82, 2.24) is 0 Å². The number of carbonyl (C=O) groups is 1. The molecule has 7 aliphatic rings. The summed E-state index contributed by atoms with van der Waals surface area (Å²) in [5.74, 6) is -2.32. The van der Waals surface area contributed by atoms with Crippen molar-refractivity contribution in [3.8, 4) is 0 Å². The van der Waals surface area contributed by atoms with Crippen LogP contribution in [0, 0.1) is 29.6 Å². The fourth-order valence-corrected chi connectivity index (χ4v) is 11.2. The first-order valence-corrected chi connectivity index (χ1v) is 23.8. The fraction of sp³-hybridized carbons (Fsp3) is 0.745. The first-order valence-electron chi connectivity index (χ1n) is 23.8. The number of ether oxygens (including phenoxy) is 10. The summed E-state index contributed by atoms with van der Waals surface area (Å²) < 4.78 is 64.8. The maximum absolute atomic E-state index is 14.4. The molecule has 0 aromatic rings. The summed E-state index contributed by atoms with van der Waals surface area (Å²) in [7, 11) is 3.42. The van der Waals surface area contributed by atoms with Crippen LogP contribution in [0.3, 0.4) is 0 Å². The van der Waals surface area contributed by atoms with Crippen LogP contribution < -0.4 is 0 Å². The zero-order valence-corrected chi connectivity index (χ0v) is 39.8. The number of hydrogen-bond acceptors (Lipinski definition) is 13. The van der Waals surface area contributed by atoms with Crippen molar-refractivity contribution in [1.29, 1.82) is 0 Å². The van der Waals surface area contributed by atoms with Gasteiger partial charge in [-0.3, -0.25) is 4.79 Å². The number of aliphatic hydroxyl groups excluding tert-OH is 1. The van der Waals surface area contributed by atoms with E-state index in [1.165, 1.54) is 0 Å². The third-order valence-electron chi connectivity index (χ3n) is 15.2. The first-order chi connectivity index (χ1) is 30.5. The van der Waals surface area contributed by atoms with Gasteiger partial charge in [0.25, 0.3) is 0 Å². The Morgan fingerprint density at radius 2 is 1.66 bits per heavy atom. The average Bonchev–Trinajstić information content (AvgIpc) is 3.61. The molecular weight excluding hydrogens is 821 g/mol. The van der Waals surface area contributed by atoms with Crippen LogP contribution in [0.5, 0.6) is 0 Å².